The lowest BCUT2D eigenvalue weighted by molar-refractivity contribution is 0.0934. The molecule has 5 rings (SSSR count). The van der Waals surface area contributed by atoms with Gasteiger partial charge in [-0.3, -0.25) is 14.9 Å². The largest absolute Gasteiger partial charge is 0.344 e. The summed E-state index contributed by atoms with van der Waals surface area (Å²) in [5.41, 5.74) is 4.48. The SMILES string of the molecule is CCc1cc(Nc2cc(C)nc(-c3cnc(C(=O)NC(C)c4ccc(-n5cccn5)nc4)c(C)c3)n2)n[nH]1. The molecule has 1 unspecified atom stereocenters. The van der Waals surface area contributed by atoms with Crippen molar-refractivity contribution in [3.05, 3.63) is 89.4 Å². The van der Waals surface area contributed by atoms with Crippen LogP contribution in [0, 0.1) is 13.8 Å². The molecule has 5 heterocycles. The Morgan fingerprint density at radius 3 is 2.63 bits per heavy atom. The van der Waals surface area contributed by atoms with E-state index in [1.165, 1.54) is 0 Å². The number of hydrogen-bond acceptors (Lipinski definition) is 8. The summed E-state index contributed by atoms with van der Waals surface area (Å²) >= 11 is 0. The maximum Gasteiger partial charge on any atom is 0.270 e. The molecule has 38 heavy (non-hydrogen) atoms. The summed E-state index contributed by atoms with van der Waals surface area (Å²) in [4.78, 5) is 31.1. The second-order valence-corrected chi connectivity index (χ2v) is 8.96. The number of hydrogen-bond donors (Lipinski definition) is 3. The first kappa shape index (κ1) is 24.8. The molecule has 5 aromatic rings. The number of carbonyl (C=O) groups is 1. The van der Waals surface area contributed by atoms with Crippen molar-refractivity contribution in [2.24, 2.45) is 0 Å². The summed E-state index contributed by atoms with van der Waals surface area (Å²) in [6.07, 6.45) is 7.74. The van der Waals surface area contributed by atoms with Gasteiger partial charge >= 0.3 is 0 Å². The topological polar surface area (TPSA) is 139 Å². The molecule has 0 aliphatic carbocycles. The molecule has 0 saturated carbocycles. The third-order valence-corrected chi connectivity index (χ3v) is 6.03. The minimum atomic E-state index is -0.268. The van der Waals surface area contributed by atoms with Crippen molar-refractivity contribution < 1.29 is 4.79 Å². The fraction of sp³-hybridized carbons (Fsp3) is 0.222. The van der Waals surface area contributed by atoms with Gasteiger partial charge < -0.3 is 10.6 Å². The van der Waals surface area contributed by atoms with Gasteiger partial charge in [0.05, 0.1) is 6.04 Å². The van der Waals surface area contributed by atoms with E-state index in [1.807, 2.05) is 63.4 Å². The zero-order valence-corrected chi connectivity index (χ0v) is 21.6. The van der Waals surface area contributed by atoms with Gasteiger partial charge in [0.25, 0.3) is 5.91 Å². The zero-order valence-electron chi connectivity index (χ0n) is 21.6. The molecule has 0 bridgehead atoms. The highest BCUT2D eigenvalue weighted by atomic mass is 16.1. The molecule has 11 nitrogen and oxygen atoms in total. The van der Waals surface area contributed by atoms with Crippen LogP contribution in [0.1, 0.15) is 52.9 Å². The van der Waals surface area contributed by atoms with Crippen LogP contribution < -0.4 is 10.6 Å². The van der Waals surface area contributed by atoms with E-state index < -0.39 is 0 Å². The monoisotopic (exact) mass is 508 g/mol. The standard InChI is InChI=1S/C27H28N10O/c1-5-21-13-23(36-35-21)33-22-12-17(3)31-26(34-22)20-11-16(2)25(29-15-20)27(38)32-18(4)19-7-8-24(28-14-19)37-10-6-9-30-37/h6-15,18H,5H2,1-4H3,(H,32,38)(H2,31,33,34,35,36). The van der Waals surface area contributed by atoms with Crippen molar-refractivity contribution in [2.75, 3.05) is 5.32 Å². The summed E-state index contributed by atoms with van der Waals surface area (Å²) in [6, 6.07) is 11.0. The Labute approximate surface area is 219 Å². The van der Waals surface area contributed by atoms with Crippen molar-refractivity contribution >= 4 is 17.5 Å². The fourth-order valence-electron chi connectivity index (χ4n) is 3.98. The molecule has 0 spiro atoms. The number of aromatic nitrogens is 8. The van der Waals surface area contributed by atoms with Gasteiger partial charge in [0.1, 0.15) is 11.5 Å². The lowest BCUT2D eigenvalue weighted by Gasteiger charge is -2.15. The van der Waals surface area contributed by atoms with Crippen molar-refractivity contribution in [3.63, 3.8) is 0 Å². The number of carbonyl (C=O) groups excluding carboxylic acids is 1. The molecular weight excluding hydrogens is 480 g/mol. The van der Waals surface area contributed by atoms with Crippen LogP contribution in [-0.4, -0.2) is 45.8 Å². The lowest BCUT2D eigenvalue weighted by atomic mass is 10.1. The van der Waals surface area contributed by atoms with Gasteiger partial charge in [0, 0.05) is 53.9 Å². The van der Waals surface area contributed by atoms with Gasteiger partial charge in [0.2, 0.25) is 0 Å². The average molecular weight is 509 g/mol. The van der Waals surface area contributed by atoms with Crippen molar-refractivity contribution in [1.82, 2.24) is 45.2 Å². The molecule has 0 aliphatic rings. The maximum absolute atomic E-state index is 13.0. The van der Waals surface area contributed by atoms with Crippen LogP contribution in [0.25, 0.3) is 17.2 Å². The van der Waals surface area contributed by atoms with Crippen LogP contribution >= 0.6 is 0 Å². The zero-order chi connectivity index (χ0) is 26.6. The summed E-state index contributed by atoms with van der Waals surface area (Å²) in [6.45, 7) is 7.71. The van der Waals surface area contributed by atoms with Crippen LogP contribution in [0.4, 0.5) is 11.6 Å². The Bertz CT molecular complexity index is 1560. The number of aromatic amines is 1. The highest BCUT2D eigenvalue weighted by molar-refractivity contribution is 5.94. The smallest absolute Gasteiger partial charge is 0.270 e. The van der Waals surface area contributed by atoms with E-state index in [1.54, 1.807) is 23.3 Å². The first-order chi connectivity index (χ1) is 18.4. The van der Waals surface area contributed by atoms with E-state index in [9.17, 15) is 4.79 Å². The van der Waals surface area contributed by atoms with E-state index in [4.69, 9.17) is 0 Å². The first-order valence-electron chi connectivity index (χ1n) is 12.3. The van der Waals surface area contributed by atoms with Gasteiger partial charge in [0.15, 0.2) is 17.5 Å². The third kappa shape index (κ3) is 5.41. The van der Waals surface area contributed by atoms with E-state index in [-0.39, 0.29) is 11.9 Å². The average Bonchev–Trinajstić information content (AvgIpc) is 3.61. The van der Waals surface area contributed by atoms with Crippen LogP contribution in [0.5, 0.6) is 0 Å². The number of rotatable bonds is 8. The highest BCUT2D eigenvalue weighted by Gasteiger charge is 2.17. The molecule has 11 heteroatoms. The molecule has 5 aromatic heterocycles. The second-order valence-electron chi connectivity index (χ2n) is 8.96. The van der Waals surface area contributed by atoms with E-state index >= 15 is 0 Å². The van der Waals surface area contributed by atoms with Gasteiger partial charge in [-0.15, -0.1) is 0 Å². The highest BCUT2D eigenvalue weighted by Crippen LogP contribution is 2.22. The van der Waals surface area contributed by atoms with E-state index in [0.29, 0.717) is 34.5 Å². The minimum Gasteiger partial charge on any atom is -0.344 e. The maximum atomic E-state index is 13.0. The predicted molar refractivity (Wildman–Crippen MR) is 143 cm³/mol. The van der Waals surface area contributed by atoms with E-state index in [2.05, 4.69) is 52.8 Å². The summed E-state index contributed by atoms with van der Waals surface area (Å²) in [7, 11) is 0. The minimum absolute atomic E-state index is 0.258. The number of nitrogens with zero attached hydrogens (tertiary/aromatic N) is 7. The van der Waals surface area contributed by atoms with Crippen molar-refractivity contribution in [2.45, 2.75) is 40.2 Å². The second kappa shape index (κ2) is 10.6. The molecule has 0 aromatic carbocycles. The molecule has 192 valence electrons. The van der Waals surface area contributed by atoms with Crippen molar-refractivity contribution in [3.8, 4) is 17.2 Å². The molecule has 0 aliphatic heterocycles. The van der Waals surface area contributed by atoms with Gasteiger partial charge in [-0.2, -0.15) is 10.2 Å². The summed E-state index contributed by atoms with van der Waals surface area (Å²) in [5.74, 6) is 2.26. The van der Waals surface area contributed by atoms with Crippen LogP contribution in [0.2, 0.25) is 0 Å². The quantitative estimate of drug-likeness (QED) is 0.283. The van der Waals surface area contributed by atoms with Crippen LogP contribution in [0.3, 0.4) is 0 Å². The fourth-order valence-corrected chi connectivity index (χ4v) is 3.98. The Hall–Kier alpha value is -4.93. The number of anilines is 2. The normalized spacial score (nSPS) is 11.8. The van der Waals surface area contributed by atoms with Crippen LogP contribution in [-0.2, 0) is 6.42 Å². The molecule has 0 saturated heterocycles. The first-order valence-corrected chi connectivity index (χ1v) is 12.3. The Balaban J connectivity index is 1.29. The molecule has 3 N–H and O–H groups in total. The number of H-pyrrole nitrogens is 1. The Morgan fingerprint density at radius 2 is 1.95 bits per heavy atom. The van der Waals surface area contributed by atoms with Crippen molar-refractivity contribution in [1.29, 1.82) is 0 Å². The Kier molecular flexibility index (Phi) is 6.90. The number of amides is 1. The lowest BCUT2D eigenvalue weighted by Crippen LogP contribution is -2.28. The molecule has 1 amide bonds. The Morgan fingerprint density at radius 1 is 1.08 bits per heavy atom. The summed E-state index contributed by atoms with van der Waals surface area (Å²) in [5, 5.41) is 17.6. The third-order valence-electron chi connectivity index (χ3n) is 6.03. The van der Waals surface area contributed by atoms with Crippen LogP contribution in [0.15, 0.2) is 61.2 Å². The molecule has 0 radical (unpaired) electrons. The molecular formula is C27H28N10O. The van der Waals surface area contributed by atoms with Gasteiger partial charge in [-0.1, -0.05) is 13.0 Å². The van der Waals surface area contributed by atoms with E-state index in [0.717, 1.165) is 28.9 Å². The molecule has 1 atom stereocenters. The van der Waals surface area contributed by atoms with Gasteiger partial charge in [-0.25, -0.2) is 19.6 Å². The number of pyridine rings is 2. The summed E-state index contributed by atoms with van der Waals surface area (Å²) < 4.78 is 1.68. The number of nitrogens with one attached hydrogen (secondary N) is 3. The molecule has 0 fully saturated rings. The number of aryl methyl sites for hydroxylation is 3. The van der Waals surface area contributed by atoms with Gasteiger partial charge in [-0.05, 0) is 56.5 Å². The predicted octanol–water partition coefficient (Wildman–Crippen LogP) is 4.26.